The Morgan fingerprint density at radius 3 is 2.62 bits per heavy atom. The molecule has 0 amide bonds. The Bertz CT molecular complexity index is 295. The summed E-state index contributed by atoms with van der Waals surface area (Å²) in [4.78, 5) is 0. The average molecular weight is 194 g/mol. The van der Waals surface area contributed by atoms with E-state index in [1.807, 2.05) is 12.1 Å². The maximum Gasteiger partial charge on any atom is 0.228 e. The molecule has 0 unspecified atom stereocenters. The van der Waals surface area contributed by atoms with Crippen LogP contribution in [0, 0.1) is 0 Å². The van der Waals surface area contributed by atoms with E-state index in [2.05, 4.69) is 13.1 Å². The Labute approximate surface area is 80.2 Å². The molecule has 0 fully saturated rings. The van der Waals surface area contributed by atoms with Crippen LogP contribution in [-0.4, -0.2) is 14.1 Å². The van der Waals surface area contributed by atoms with E-state index in [1.165, 1.54) is 0 Å². The number of rotatable bonds is 3. The molecule has 0 aliphatic rings. The molecule has 0 aromatic heterocycles. The van der Waals surface area contributed by atoms with Gasteiger partial charge in [-0.3, -0.25) is 0 Å². The molecule has 3 heteroatoms. The maximum absolute atomic E-state index is 9.38. The van der Waals surface area contributed by atoms with Crippen molar-refractivity contribution in [2.24, 2.45) is 0 Å². The van der Waals surface area contributed by atoms with Crippen molar-refractivity contribution in [3.8, 4) is 5.75 Å². The number of phenols is 1. The first kappa shape index (κ1) is 9.86. The first-order valence-electron chi connectivity index (χ1n) is 4.30. The van der Waals surface area contributed by atoms with Crippen LogP contribution in [0.1, 0.15) is 5.56 Å². The van der Waals surface area contributed by atoms with Gasteiger partial charge in [-0.2, -0.15) is 0 Å². The van der Waals surface area contributed by atoms with E-state index in [4.69, 9.17) is 4.43 Å². The number of phenolic OH excluding ortho intramolecular Hbond substituents is 1. The molecule has 1 aromatic carbocycles. The zero-order valence-electron chi connectivity index (χ0n) is 7.90. The number of benzene rings is 1. The fourth-order valence-electron chi connectivity index (χ4n) is 0.898. The molecule has 1 aromatic rings. The number of aromatic hydroxyl groups is 1. The number of hydrogen-bond donors (Lipinski definition) is 1. The van der Waals surface area contributed by atoms with Gasteiger partial charge in [-0.1, -0.05) is 18.2 Å². The number of para-hydroxylation sites is 1. The minimum atomic E-state index is -0.996. The summed E-state index contributed by atoms with van der Waals surface area (Å²) in [5, 5.41) is 9.38. The lowest BCUT2D eigenvalue weighted by atomic mass is 10.2. The molecule has 1 rings (SSSR count). The summed E-state index contributed by atoms with van der Waals surface area (Å²) in [6.07, 6.45) is 3.44. The van der Waals surface area contributed by atoms with Gasteiger partial charge in [0.15, 0.2) is 0 Å². The van der Waals surface area contributed by atoms with Gasteiger partial charge in [-0.25, -0.2) is 0 Å². The third kappa shape index (κ3) is 3.34. The highest BCUT2D eigenvalue weighted by atomic mass is 28.3. The van der Waals surface area contributed by atoms with E-state index in [1.54, 1.807) is 24.5 Å². The topological polar surface area (TPSA) is 29.5 Å². The van der Waals surface area contributed by atoms with Gasteiger partial charge in [0, 0.05) is 5.56 Å². The fourth-order valence-corrected chi connectivity index (χ4v) is 1.29. The van der Waals surface area contributed by atoms with Crippen molar-refractivity contribution >= 4 is 15.1 Å². The molecule has 0 saturated carbocycles. The van der Waals surface area contributed by atoms with Crippen LogP contribution < -0.4 is 0 Å². The van der Waals surface area contributed by atoms with E-state index in [0.717, 1.165) is 5.56 Å². The van der Waals surface area contributed by atoms with Crippen LogP contribution in [-0.2, 0) is 4.43 Å². The van der Waals surface area contributed by atoms with Crippen molar-refractivity contribution in [3.63, 3.8) is 0 Å². The summed E-state index contributed by atoms with van der Waals surface area (Å²) in [6.45, 7) is 4.18. The highest BCUT2D eigenvalue weighted by Gasteiger charge is 1.94. The number of hydrogen-bond acceptors (Lipinski definition) is 2. The minimum Gasteiger partial charge on any atom is -0.552 e. The molecule has 0 spiro atoms. The van der Waals surface area contributed by atoms with Crippen LogP contribution in [0.5, 0.6) is 5.75 Å². The van der Waals surface area contributed by atoms with E-state index < -0.39 is 9.04 Å². The smallest absolute Gasteiger partial charge is 0.228 e. The summed E-state index contributed by atoms with van der Waals surface area (Å²) < 4.78 is 5.35. The van der Waals surface area contributed by atoms with E-state index in [9.17, 15) is 5.11 Å². The molecule has 70 valence electrons. The highest BCUT2D eigenvalue weighted by Crippen LogP contribution is 2.16. The average Bonchev–Trinajstić information content (AvgIpc) is 2.08. The zero-order chi connectivity index (χ0) is 9.68. The Hall–Kier alpha value is -1.22. The predicted octanol–water partition coefficient (Wildman–Crippen LogP) is 2.36. The van der Waals surface area contributed by atoms with E-state index in [-0.39, 0.29) is 5.75 Å². The predicted molar refractivity (Wildman–Crippen MR) is 57.1 cm³/mol. The molecule has 0 atom stereocenters. The van der Waals surface area contributed by atoms with Crippen LogP contribution in [0.4, 0.5) is 0 Å². The fraction of sp³-hybridized carbons (Fsp3) is 0.200. The molecule has 0 aliphatic carbocycles. The SMILES string of the molecule is C[SiH](C)O/C=C/c1ccccc1O. The van der Waals surface area contributed by atoms with Gasteiger partial charge in [0.05, 0.1) is 6.26 Å². The molecular weight excluding hydrogens is 180 g/mol. The second-order valence-corrected chi connectivity index (χ2v) is 5.42. The highest BCUT2D eigenvalue weighted by molar-refractivity contribution is 6.48. The third-order valence-corrected chi connectivity index (χ3v) is 2.24. The summed E-state index contributed by atoms with van der Waals surface area (Å²) >= 11 is 0. The van der Waals surface area contributed by atoms with Crippen LogP contribution in [0.25, 0.3) is 6.08 Å². The summed E-state index contributed by atoms with van der Waals surface area (Å²) in [5.41, 5.74) is 0.789. The summed E-state index contributed by atoms with van der Waals surface area (Å²) in [7, 11) is -0.996. The van der Waals surface area contributed by atoms with E-state index in [0.29, 0.717) is 0 Å². The molecule has 2 nitrogen and oxygen atoms in total. The van der Waals surface area contributed by atoms with Crippen molar-refractivity contribution in [2.45, 2.75) is 13.1 Å². The monoisotopic (exact) mass is 194 g/mol. The van der Waals surface area contributed by atoms with Gasteiger partial charge in [0.2, 0.25) is 9.04 Å². The van der Waals surface area contributed by atoms with Crippen molar-refractivity contribution in [1.82, 2.24) is 0 Å². The second kappa shape index (κ2) is 4.72. The third-order valence-electron chi connectivity index (χ3n) is 1.54. The van der Waals surface area contributed by atoms with Crippen LogP contribution in [0.3, 0.4) is 0 Å². The lowest BCUT2D eigenvalue weighted by Gasteiger charge is -2.02. The lowest BCUT2D eigenvalue weighted by molar-refractivity contribution is 0.473. The van der Waals surface area contributed by atoms with Gasteiger partial charge in [0.1, 0.15) is 5.75 Å². The molecule has 0 radical (unpaired) electrons. The lowest BCUT2D eigenvalue weighted by Crippen LogP contribution is -2.00. The Morgan fingerprint density at radius 2 is 2.00 bits per heavy atom. The standard InChI is InChI=1S/C10H14O2Si/c1-13(2)12-8-7-9-5-3-4-6-10(9)11/h3-8,11,13H,1-2H3/b8-7+. The first-order chi connectivity index (χ1) is 6.20. The Morgan fingerprint density at radius 1 is 1.31 bits per heavy atom. The summed E-state index contributed by atoms with van der Waals surface area (Å²) in [6, 6.07) is 7.18. The molecule has 0 saturated heterocycles. The molecule has 1 N–H and O–H groups in total. The first-order valence-corrected chi connectivity index (χ1v) is 7.08. The van der Waals surface area contributed by atoms with Gasteiger partial charge in [0.25, 0.3) is 0 Å². The second-order valence-electron chi connectivity index (χ2n) is 3.05. The van der Waals surface area contributed by atoms with E-state index >= 15 is 0 Å². The van der Waals surface area contributed by atoms with Gasteiger partial charge in [-0.05, 0) is 25.2 Å². The van der Waals surface area contributed by atoms with Crippen molar-refractivity contribution in [1.29, 1.82) is 0 Å². The Kier molecular flexibility index (Phi) is 3.58. The zero-order valence-corrected chi connectivity index (χ0v) is 9.05. The molecule has 0 bridgehead atoms. The molecule has 0 heterocycles. The van der Waals surface area contributed by atoms with Crippen molar-refractivity contribution < 1.29 is 9.53 Å². The molecule has 13 heavy (non-hydrogen) atoms. The maximum atomic E-state index is 9.38. The summed E-state index contributed by atoms with van der Waals surface area (Å²) in [5.74, 6) is 0.285. The van der Waals surface area contributed by atoms with Crippen molar-refractivity contribution in [3.05, 3.63) is 36.1 Å². The minimum absolute atomic E-state index is 0.285. The normalized spacial score (nSPS) is 11.0. The van der Waals surface area contributed by atoms with Crippen LogP contribution >= 0.6 is 0 Å². The van der Waals surface area contributed by atoms with Crippen LogP contribution in [0.2, 0.25) is 13.1 Å². The Balaban J connectivity index is 2.63. The molecule has 0 aliphatic heterocycles. The van der Waals surface area contributed by atoms with Gasteiger partial charge in [-0.15, -0.1) is 0 Å². The van der Waals surface area contributed by atoms with Crippen molar-refractivity contribution in [2.75, 3.05) is 0 Å². The van der Waals surface area contributed by atoms with Gasteiger partial charge < -0.3 is 9.53 Å². The van der Waals surface area contributed by atoms with Gasteiger partial charge >= 0.3 is 0 Å². The quantitative estimate of drug-likeness (QED) is 0.591. The molecular formula is C10H14O2Si. The van der Waals surface area contributed by atoms with Crippen LogP contribution in [0.15, 0.2) is 30.5 Å². The largest absolute Gasteiger partial charge is 0.552 e.